The van der Waals surface area contributed by atoms with Gasteiger partial charge in [0, 0.05) is 6.04 Å². The third kappa shape index (κ3) is 2.48. The maximum absolute atomic E-state index is 11.1. The largest absolute Gasteiger partial charge is 0.493 e. The van der Waals surface area contributed by atoms with Gasteiger partial charge < -0.3 is 15.2 Å². The maximum atomic E-state index is 11.1. The van der Waals surface area contributed by atoms with E-state index in [-0.39, 0.29) is 6.04 Å². The fourth-order valence-electron chi connectivity index (χ4n) is 2.42. The maximum Gasteiger partial charge on any atom is 0.308 e. The van der Waals surface area contributed by atoms with Crippen molar-refractivity contribution < 1.29 is 14.6 Å². The van der Waals surface area contributed by atoms with Crippen molar-refractivity contribution in [1.29, 1.82) is 0 Å². The van der Waals surface area contributed by atoms with Crippen molar-refractivity contribution in [2.75, 3.05) is 13.7 Å². The van der Waals surface area contributed by atoms with Gasteiger partial charge in [0.05, 0.1) is 12.5 Å². The van der Waals surface area contributed by atoms with Crippen molar-refractivity contribution in [1.82, 2.24) is 5.32 Å². The van der Waals surface area contributed by atoms with Crippen LogP contribution in [0.3, 0.4) is 0 Å². The minimum atomic E-state index is -0.789. The number of hydrogen-bond acceptors (Lipinski definition) is 3. The first-order chi connectivity index (χ1) is 8.63. The Kier molecular flexibility index (Phi) is 3.87. The SMILES string of the molecule is CNC(c1ccc2c(c1)CCCO2)C(C)C(=O)O. The van der Waals surface area contributed by atoms with Crippen LogP contribution < -0.4 is 10.1 Å². The van der Waals surface area contributed by atoms with Crippen molar-refractivity contribution >= 4 is 5.97 Å². The molecule has 1 aliphatic rings. The molecule has 0 radical (unpaired) electrons. The van der Waals surface area contributed by atoms with Crippen LogP contribution in [0.15, 0.2) is 18.2 Å². The lowest BCUT2D eigenvalue weighted by Crippen LogP contribution is -2.29. The number of carboxylic acid groups (broad SMARTS) is 1. The molecule has 0 saturated heterocycles. The highest BCUT2D eigenvalue weighted by atomic mass is 16.5. The van der Waals surface area contributed by atoms with Crippen LogP contribution in [0, 0.1) is 5.92 Å². The average molecular weight is 249 g/mol. The van der Waals surface area contributed by atoms with Crippen LogP contribution in [0.25, 0.3) is 0 Å². The molecule has 0 spiro atoms. The van der Waals surface area contributed by atoms with Crippen LogP contribution in [0.1, 0.15) is 30.5 Å². The number of carboxylic acids is 1. The third-order valence-corrected chi connectivity index (χ3v) is 3.49. The lowest BCUT2D eigenvalue weighted by molar-refractivity contribution is -0.142. The zero-order chi connectivity index (χ0) is 13.1. The molecule has 18 heavy (non-hydrogen) atoms. The van der Waals surface area contributed by atoms with E-state index < -0.39 is 11.9 Å². The highest BCUT2D eigenvalue weighted by molar-refractivity contribution is 5.70. The van der Waals surface area contributed by atoms with Gasteiger partial charge in [0.15, 0.2) is 0 Å². The number of rotatable bonds is 4. The second kappa shape index (κ2) is 5.40. The molecule has 2 rings (SSSR count). The molecule has 2 N–H and O–H groups in total. The average Bonchev–Trinajstić information content (AvgIpc) is 2.39. The molecule has 98 valence electrons. The summed E-state index contributed by atoms with van der Waals surface area (Å²) in [6.07, 6.45) is 2.02. The van der Waals surface area contributed by atoms with Gasteiger partial charge in [-0.25, -0.2) is 0 Å². The summed E-state index contributed by atoms with van der Waals surface area (Å²) in [7, 11) is 1.79. The molecule has 0 aliphatic carbocycles. The minimum Gasteiger partial charge on any atom is -0.493 e. The van der Waals surface area contributed by atoms with Gasteiger partial charge in [0.1, 0.15) is 5.75 Å². The number of aliphatic carboxylic acids is 1. The predicted octanol–water partition coefficient (Wildman–Crippen LogP) is 1.99. The summed E-state index contributed by atoms with van der Waals surface area (Å²) in [5.41, 5.74) is 2.19. The second-order valence-electron chi connectivity index (χ2n) is 4.71. The normalized spacial score (nSPS) is 17.4. The third-order valence-electron chi connectivity index (χ3n) is 3.49. The lowest BCUT2D eigenvalue weighted by atomic mass is 9.92. The molecule has 4 nitrogen and oxygen atoms in total. The first-order valence-electron chi connectivity index (χ1n) is 6.29. The van der Waals surface area contributed by atoms with Crippen molar-refractivity contribution in [3.05, 3.63) is 29.3 Å². The van der Waals surface area contributed by atoms with E-state index in [1.807, 2.05) is 12.1 Å². The van der Waals surface area contributed by atoms with Gasteiger partial charge in [-0.15, -0.1) is 0 Å². The highest BCUT2D eigenvalue weighted by Crippen LogP contribution is 2.30. The van der Waals surface area contributed by atoms with Crippen molar-refractivity contribution in [2.45, 2.75) is 25.8 Å². The number of aryl methyl sites for hydroxylation is 1. The van der Waals surface area contributed by atoms with Crippen LogP contribution in [0.2, 0.25) is 0 Å². The van der Waals surface area contributed by atoms with Crippen molar-refractivity contribution in [2.24, 2.45) is 5.92 Å². The quantitative estimate of drug-likeness (QED) is 0.856. The Morgan fingerprint density at radius 1 is 1.50 bits per heavy atom. The molecule has 2 atom stereocenters. The Balaban J connectivity index is 2.28. The molecule has 0 saturated carbocycles. The van der Waals surface area contributed by atoms with Crippen LogP contribution >= 0.6 is 0 Å². The standard InChI is InChI=1S/C14H19NO3/c1-9(14(16)17)13(15-2)11-5-6-12-10(8-11)4-3-7-18-12/h5-6,8-9,13,15H,3-4,7H2,1-2H3,(H,16,17). The molecular formula is C14H19NO3. The molecule has 2 unspecified atom stereocenters. The lowest BCUT2D eigenvalue weighted by Gasteiger charge is -2.24. The smallest absolute Gasteiger partial charge is 0.308 e. The van der Waals surface area contributed by atoms with Crippen molar-refractivity contribution in [3.8, 4) is 5.75 Å². The summed E-state index contributed by atoms with van der Waals surface area (Å²) in [5, 5.41) is 12.2. The van der Waals surface area contributed by atoms with E-state index in [1.165, 1.54) is 5.56 Å². The van der Waals surface area contributed by atoms with Crippen LogP contribution in [0.5, 0.6) is 5.75 Å². The highest BCUT2D eigenvalue weighted by Gasteiger charge is 2.24. The van der Waals surface area contributed by atoms with E-state index in [2.05, 4.69) is 11.4 Å². The summed E-state index contributed by atoms with van der Waals surface area (Å²) >= 11 is 0. The Hall–Kier alpha value is -1.55. The van der Waals surface area contributed by atoms with Gasteiger partial charge >= 0.3 is 5.97 Å². The topological polar surface area (TPSA) is 58.6 Å². The zero-order valence-corrected chi connectivity index (χ0v) is 10.8. The minimum absolute atomic E-state index is 0.172. The van der Waals surface area contributed by atoms with Gasteiger partial charge in [-0.2, -0.15) is 0 Å². The number of hydrogen-bond donors (Lipinski definition) is 2. The molecule has 0 amide bonds. The summed E-state index contributed by atoms with van der Waals surface area (Å²) in [6.45, 7) is 2.49. The zero-order valence-electron chi connectivity index (χ0n) is 10.8. The summed E-state index contributed by atoms with van der Waals surface area (Å²) in [6, 6.07) is 5.79. The predicted molar refractivity (Wildman–Crippen MR) is 68.9 cm³/mol. The molecule has 1 aromatic carbocycles. The molecule has 1 aromatic rings. The van der Waals surface area contributed by atoms with Gasteiger partial charge in [-0.05, 0) is 37.1 Å². The van der Waals surface area contributed by atoms with Crippen LogP contribution in [0.4, 0.5) is 0 Å². The van der Waals surface area contributed by atoms with E-state index in [0.29, 0.717) is 0 Å². The Morgan fingerprint density at radius 3 is 2.94 bits per heavy atom. The van der Waals surface area contributed by atoms with Crippen molar-refractivity contribution in [3.63, 3.8) is 0 Å². The number of ether oxygens (including phenoxy) is 1. The molecule has 0 bridgehead atoms. The number of carbonyl (C=O) groups is 1. The van der Waals surface area contributed by atoms with Gasteiger partial charge in [0.25, 0.3) is 0 Å². The van der Waals surface area contributed by atoms with Crippen LogP contribution in [-0.2, 0) is 11.2 Å². The first kappa shape index (κ1) is 12.9. The Morgan fingerprint density at radius 2 is 2.28 bits per heavy atom. The number of nitrogens with one attached hydrogen (secondary N) is 1. The molecular weight excluding hydrogens is 230 g/mol. The second-order valence-corrected chi connectivity index (χ2v) is 4.71. The molecule has 1 aliphatic heterocycles. The van der Waals surface area contributed by atoms with Crippen LogP contribution in [-0.4, -0.2) is 24.7 Å². The molecule has 0 fully saturated rings. The fraction of sp³-hybridized carbons (Fsp3) is 0.500. The fourth-order valence-corrected chi connectivity index (χ4v) is 2.42. The van der Waals surface area contributed by atoms with E-state index in [0.717, 1.165) is 30.8 Å². The summed E-state index contributed by atoms with van der Waals surface area (Å²) in [4.78, 5) is 11.1. The van der Waals surface area contributed by atoms with Gasteiger partial charge in [-0.3, -0.25) is 4.79 Å². The number of fused-ring (bicyclic) bond motifs is 1. The first-order valence-corrected chi connectivity index (χ1v) is 6.29. The van der Waals surface area contributed by atoms with E-state index >= 15 is 0 Å². The molecule has 4 heteroatoms. The monoisotopic (exact) mass is 249 g/mol. The van der Waals surface area contributed by atoms with E-state index in [9.17, 15) is 4.79 Å². The Bertz CT molecular complexity index is 445. The van der Waals surface area contributed by atoms with Gasteiger partial charge in [0.2, 0.25) is 0 Å². The molecule has 0 aromatic heterocycles. The molecule has 1 heterocycles. The summed E-state index contributed by atoms with van der Waals surface area (Å²) in [5.74, 6) is -0.316. The number of benzene rings is 1. The Labute approximate surface area is 107 Å². The van der Waals surface area contributed by atoms with E-state index in [1.54, 1.807) is 14.0 Å². The summed E-state index contributed by atoms with van der Waals surface area (Å²) < 4.78 is 5.56. The van der Waals surface area contributed by atoms with Gasteiger partial charge in [-0.1, -0.05) is 19.1 Å². The van der Waals surface area contributed by atoms with E-state index in [4.69, 9.17) is 9.84 Å².